The monoisotopic (exact) mass is 233 g/mol. The summed E-state index contributed by atoms with van der Waals surface area (Å²) in [4.78, 5) is 14.0. The Balaban J connectivity index is 0.00000112. The van der Waals surface area contributed by atoms with E-state index >= 15 is 0 Å². The molecule has 0 radical (unpaired) electrons. The summed E-state index contributed by atoms with van der Waals surface area (Å²) in [6.45, 7) is 5.78. The summed E-state index contributed by atoms with van der Waals surface area (Å²) in [6, 6.07) is 0.536. The van der Waals surface area contributed by atoms with Gasteiger partial charge in [-0.25, -0.2) is 0 Å². The summed E-state index contributed by atoms with van der Waals surface area (Å²) < 4.78 is 0. The number of amides is 1. The molecule has 2 aliphatic rings. The van der Waals surface area contributed by atoms with Crippen LogP contribution in [0.25, 0.3) is 0 Å². The van der Waals surface area contributed by atoms with Crippen LogP contribution in [0.2, 0.25) is 0 Å². The Morgan fingerprint density at radius 3 is 2.73 bits per heavy atom. The van der Waals surface area contributed by atoms with Crippen LogP contribution in [0.15, 0.2) is 0 Å². The largest absolute Gasteiger partial charge is 0.339 e. The zero-order valence-electron chi connectivity index (χ0n) is 9.16. The number of piperazine rings is 1. The van der Waals surface area contributed by atoms with Crippen molar-refractivity contribution in [2.24, 2.45) is 0 Å². The Morgan fingerprint density at radius 2 is 2.13 bits per heavy atom. The molecule has 1 amide bonds. The fourth-order valence-electron chi connectivity index (χ4n) is 2.25. The molecule has 4 nitrogen and oxygen atoms in total. The molecule has 0 saturated carbocycles. The van der Waals surface area contributed by atoms with E-state index in [1.54, 1.807) is 0 Å². The van der Waals surface area contributed by atoms with E-state index in [9.17, 15) is 4.79 Å². The van der Waals surface area contributed by atoms with Crippen LogP contribution in [-0.4, -0.2) is 49.1 Å². The Morgan fingerprint density at radius 1 is 1.33 bits per heavy atom. The Hall–Kier alpha value is -0.320. The molecular formula is C10H20ClN3O. The van der Waals surface area contributed by atoms with Crippen molar-refractivity contribution in [1.82, 2.24) is 15.5 Å². The SMILES string of the molecule is CC1CN(C(=O)[C@@H]2CCCN2)CCN1.Cl. The van der Waals surface area contributed by atoms with Crippen LogP contribution in [0.4, 0.5) is 0 Å². The summed E-state index contributed by atoms with van der Waals surface area (Å²) in [5.74, 6) is 0.302. The number of nitrogens with one attached hydrogen (secondary N) is 2. The van der Waals surface area contributed by atoms with Gasteiger partial charge in [-0.15, -0.1) is 12.4 Å². The van der Waals surface area contributed by atoms with Crippen LogP contribution in [0.1, 0.15) is 19.8 Å². The predicted molar refractivity (Wildman–Crippen MR) is 62.3 cm³/mol. The van der Waals surface area contributed by atoms with E-state index in [2.05, 4.69) is 17.6 Å². The zero-order chi connectivity index (χ0) is 9.97. The first-order valence-electron chi connectivity index (χ1n) is 5.53. The fourth-order valence-corrected chi connectivity index (χ4v) is 2.25. The maximum absolute atomic E-state index is 12.0. The van der Waals surface area contributed by atoms with E-state index in [-0.39, 0.29) is 18.4 Å². The molecular weight excluding hydrogens is 214 g/mol. The Bertz CT molecular complexity index is 219. The fraction of sp³-hybridized carbons (Fsp3) is 0.900. The third-order valence-electron chi connectivity index (χ3n) is 3.04. The summed E-state index contributed by atoms with van der Waals surface area (Å²) in [5, 5.41) is 6.60. The van der Waals surface area contributed by atoms with Crippen molar-refractivity contribution in [2.45, 2.75) is 31.8 Å². The minimum Gasteiger partial charge on any atom is -0.339 e. The van der Waals surface area contributed by atoms with Gasteiger partial charge in [-0.3, -0.25) is 4.79 Å². The molecule has 0 aliphatic carbocycles. The second-order valence-electron chi connectivity index (χ2n) is 4.29. The van der Waals surface area contributed by atoms with Crippen molar-refractivity contribution in [1.29, 1.82) is 0 Å². The minimum atomic E-state index is 0. The average molecular weight is 234 g/mol. The highest BCUT2D eigenvalue weighted by Gasteiger charge is 2.28. The molecule has 2 atom stereocenters. The number of halogens is 1. The molecule has 88 valence electrons. The van der Waals surface area contributed by atoms with Crippen LogP contribution >= 0.6 is 12.4 Å². The van der Waals surface area contributed by atoms with Gasteiger partial charge in [-0.1, -0.05) is 0 Å². The van der Waals surface area contributed by atoms with Gasteiger partial charge < -0.3 is 15.5 Å². The number of nitrogens with zero attached hydrogens (tertiary/aromatic N) is 1. The van der Waals surface area contributed by atoms with Crippen LogP contribution in [0.5, 0.6) is 0 Å². The highest BCUT2D eigenvalue weighted by Crippen LogP contribution is 2.10. The zero-order valence-corrected chi connectivity index (χ0v) is 9.98. The quantitative estimate of drug-likeness (QED) is 0.669. The van der Waals surface area contributed by atoms with Crippen LogP contribution < -0.4 is 10.6 Å². The van der Waals surface area contributed by atoms with Gasteiger partial charge in [0.1, 0.15) is 0 Å². The van der Waals surface area contributed by atoms with Crippen molar-refractivity contribution in [3.8, 4) is 0 Å². The maximum Gasteiger partial charge on any atom is 0.239 e. The smallest absolute Gasteiger partial charge is 0.239 e. The maximum atomic E-state index is 12.0. The average Bonchev–Trinajstić information content (AvgIpc) is 2.69. The molecule has 5 heteroatoms. The van der Waals surface area contributed by atoms with Gasteiger partial charge in [0.05, 0.1) is 6.04 Å². The lowest BCUT2D eigenvalue weighted by molar-refractivity contribution is -0.134. The number of hydrogen-bond acceptors (Lipinski definition) is 3. The molecule has 2 N–H and O–H groups in total. The van der Waals surface area contributed by atoms with Gasteiger partial charge in [0.2, 0.25) is 5.91 Å². The molecule has 1 unspecified atom stereocenters. The molecule has 2 saturated heterocycles. The second-order valence-corrected chi connectivity index (χ2v) is 4.29. The summed E-state index contributed by atoms with van der Waals surface area (Å²) in [5.41, 5.74) is 0. The third kappa shape index (κ3) is 3.06. The molecule has 15 heavy (non-hydrogen) atoms. The number of rotatable bonds is 1. The van der Waals surface area contributed by atoms with Crippen molar-refractivity contribution in [3.05, 3.63) is 0 Å². The molecule has 0 aromatic heterocycles. The molecule has 0 aromatic carbocycles. The number of carbonyl (C=O) groups excluding carboxylic acids is 1. The van der Waals surface area contributed by atoms with Gasteiger partial charge in [-0.05, 0) is 26.3 Å². The molecule has 2 aliphatic heterocycles. The lowest BCUT2D eigenvalue weighted by Crippen LogP contribution is -2.55. The predicted octanol–water partition coefficient (Wildman–Crippen LogP) is -0.0195. The Kier molecular flexibility index (Phi) is 4.83. The minimum absolute atomic E-state index is 0. The van der Waals surface area contributed by atoms with Gasteiger partial charge in [0, 0.05) is 25.7 Å². The molecule has 2 rings (SSSR count). The summed E-state index contributed by atoms with van der Waals surface area (Å²) in [6.07, 6.45) is 2.15. The standard InChI is InChI=1S/C10H19N3O.ClH/c1-8-7-13(6-5-11-8)10(14)9-3-2-4-12-9;/h8-9,11-12H,2-7H2,1H3;1H/t8?,9-;/m0./s1. The van der Waals surface area contributed by atoms with E-state index in [0.717, 1.165) is 39.0 Å². The molecule has 2 heterocycles. The topological polar surface area (TPSA) is 44.4 Å². The first-order valence-corrected chi connectivity index (χ1v) is 5.53. The van der Waals surface area contributed by atoms with Crippen molar-refractivity contribution in [2.75, 3.05) is 26.2 Å². The van der Waals surface area contributed by atoms with E-state index in [1.165, 1.54) is 0 Å². The first kappa shape index (κ1) is 12.7. The van der Waals surface area contributed by atoms with Crippen LogP contribution in [0, 0.1) is 0 Å². The van der Waals surface area contributed by atoms with Crippen molar-refractivity contribution < 1.29 is 4.79 Å². The molecule has 0 aromatic rings. The van der Waals surface area contributed by atoms with Gasteiger partial charge >= 0.3 is 0 Å². The lowest BCUT2D eigenvalue weighted by atomic mass is 10.1. The lowest BCUT2D eigenvalue weighted by Gasteiger charge is -2.33. The van der Waals surface area contributed by atoms with Gasteiger partial charge in [0.25, 0.3) is 0 Å². The highest BCUT2D eigenvalue weighted by atomic mass is 35.5. The van der Waals surface area contributed by atoms with E-state index in [4.69, 9.17) is 0 Å². The molecule has 0 spiro atoms. The molecule has 0 bridgehead atoms. The normalized spacial score (nSPS) is 31.1. The molecule has 2 fully saturated rings. The van der Waals surface area contributed by atoms with Crippen LogP contribution in [-0.2, 0) is 4.79 Å². The highest BCUT2D eigenvalue weighted by molar-refractivity contribution is 5.85. The van der Waals surface area contributed by atoms with Gasteiger partial charge in [0.15, 0.2) is 0 Å². The van der Waals surface area contributed by atoms with Gasteiger partial charge in [-0.2, -0.15) is 0 Å². The number of carbonyl (C=O) groups is 1. The van der Waals surface area contributed by atoms with E-state index in [1.807, 2.05) is 4.90 Å². The summed E-state index contributed by atoms with van der Waals surface area (Å²) >= 11 is 0. The Labute approximate surface area is 97.2 Å². The first-order chi connectivity index (χ1) is 6.77. The van der Waals surface area contributed by atoms with E-state index < -0.39 is 0 Å². The summed E-state index contributed by atoms with van der Waals surface area (Å²) in [7, 11) is 0. The van der Waals surface area contributed by atoms with Crippen molar-refractivity contribution in [3.63, 3.8) is 0 Å². The number of hydrogen-bond donors (Lipinski definition) is 2. The van der Waals surface area contributed by atoms with Crippen LogP contribution in [0.3, 0.4) is 0 Å². The van der Waals surface area contributed by atoms with E-state index in [0.29, 0.717) is 11.9 Å². The third-order valence-corrected chi connectivity index (χ3v) is 3.04. The van der Waals surface area contributed by atoms with Crippen molar-refractivity contribution >= 4 is 18.3 Å². The second kappa shape index (κ2) is 5.68.